The quantitative estimate of drug-likeness (QED) is 0.671. The number of amides is 2. The number of carbonyl (C=O) groups excluding carboxylic acids is 1. The average Bonchev–Trinajstić information content (AvgIpc) is 2.30. The van der Waals surface area contributed by atoms with E-state index in [1.807, 2.05) is 0 Å². The predicted octanol–water partition coefficient (Wildman–Crippen LogP) is 2.88. The lowest BCUT2D eigenvalue weighted by atomic mass is 10.3. The van der Waals surface area contributed by atoms with Crippen molar-refractivity contribution in [2.75, 3.05) is 10.6 Å². The minimum Gasteiger partial charge on any atom is -0.508 e. The van der Waals surface area contributed by atoms with Gasteiger partial charge in [-0.25, -0.2) is 9.18 Å². The van der Waals surface area contributed by atoms with Crippen molar-refractivity contribution in [3.63, 3.8) is 0 Å². The number of benzene rings is 2. The number of carbonyl (C=O) groups is 1. The second-order valence-corrected chi connectivity index (χ2v) is 3.80. The Morgan fingerprint density at radius 1 is 1.00 bits per heavy atom. The third-order valence-corrected chi connectivity index (χ3v) is 2.28. The highest BCUT2D eigenvalue weighted by molar-refractivity contribution is 6.00. The highest BCUT2D eigenvalue weighted by Crippen LogP contribution is 2.24. The first-order valence-electron chi connectivity index (χ1n) is 5.40. The number of halogens is 1. The zero-order valence-corrected chi connectivity index (χ0v) is 9.72. The molecule has 0 aliphatic rings. The Kier molecular flexibility index (Phi) is 3.51. The molecule has 5 nitrogen and oxygen atoms in total. The van der Waals surface area contributed by atoms with Crippen LogP contribution in [0.1, 0.15) is 0 Å². The summed E-state index contributed by atoms with van der Waals surface area (Å²) in [5, 5.41) is 23.2. The van der Waals surface area contributed by atoms with Crippen molar-refractivity contribution in [1.29, 1.82) is 0 Å². The van der Waals surface area contributed by atoms with E-state index in [2.05, 4.69) is 10.6 Å². The molecule has 0 heterocycles. The second-order valence-electron chi connectivity index (χ2n) is 3.80. The molecule has 4 N–H and O–H groups in total. The molecule has 19 heavy (non-hydrogen) atoms. The first-order valence-corrected chi connectivity index (χ1v) is 5.40. The summed E-state index contributed by atoms with van der Waals surface area (Å²) in [7, 11) is 0. The smallest absolute Gasteiger partial charge is 0.323 e. The summed E-state index contributed by atoms with van der Waals surface area (Å²) in [4.78, 5) is 11.6. The van der Waals surface area contributed by atoms with Crippen molar-refractivity contribution in [3.8, 4) is 11.5 Å². The molecule has 2 rings (SSSR count). The summed E-state index contributed by atoms with van der Waals surface area (Å²) in [6.45, 7) is 0. The van der Waals surface area contributed by atoms with E-state index in [-0.39, 0.29) is 22.9 Å². The maximum Gasteiger partial charge on any atom is 0.323 e. The molecule has 0 saturated heterocycles. The zero-order chi connectivity index (χ0) is 13.8. The SMILES string of the molecule is O=C(Nc1cc(O)cc(O)c1)Nc1ccccc1F. The molecule has 0 unspecified atom stereocenters. The lowest BCUT2D eigenvalue weighted by Gasteiger charge is -2.09. The standard InChI is InChI=1S/C13H11FN2O3/c14-11-3-1-2-4-12(11)16-13(19)15-8-5-9(17)7-10(18)6-8/h1-7,17-18H,(H2,15,16,19). The van der Waals surface area contributed by atoms with Gasteiger partial charge in [0.25, 0.3) is 0 Å². The highest BCUT2D eigenvalue weighted by atomic mass is 19.1. The van der Waals surface area contributed by atoms with Crippen LogP contribution < -0.4 is 10.6 Å². The molecule has 6 heteroatoms. The molecular weight excluding hydrogens is 251 g/mol. The maximum atomic E-state index is 13.3. The minimum absolute atomic E-state index is 0.0318. The largest absolute Gasteiger partial charge is 0.508 e. The summed E-state index contributed by atoms with van der Waals surface area (Å²) < 4.78 is 13.3. The van der Waals surface area contributed by atoms with E-state index >= 15 is 0 Å². The first-order chi connectivity index (χ1) is 9.04. The van der Waals surface area contributed by atoms with Gasteiger partial charge < -0.3 is 20.8 Å². The fraction of sp³-hybridized carbons (Fsp3) is 0. The summed E-state index contributed by atoms with van der Waals surface area (Å²) >= 11 is 0. The van der Waals surface area contributed by atoms with Gasteiger partial charge in [-0.1, -0.05) is 12.1 Å². The number of hydrogen-bond acceptors (Lipinski definition) is 3. The van der Waals surface area contributed by atoms with Crippen molar-refractivity contribution in [3.05, 3.63) is 48.3 Å². The molecule has 0 aliphatic carbocycles. The molecule has 0 fully saturated rings. The van der Waals surface area contributed by atoms with E-state index in [1.165, 1.54) is 30.3 Å². The molecule has 0 radical (unpaired) electrons. The van der Waals surface area contributed by atoms with Crippen molar-refractivity contribution in [1.82, 2.24) is 0 Å². The van der Waals surface area contributed by atoms with E-state index in [1.54, 1.807) is 6.07 Å². The monoisotopic (exact) mass is 262 g/mol. The summed E-state index contributed by atoms with van der Waals surface area (Å²) in [6, 6.07) is 8.66. The Bertz CT molecular complexity index is 596. The number of phenolic OH excluding ortho intramolecular Hbond substituents is 2. The van der Waals surface area contributed by atoms with Gasteiger partial charge in [-0.15, -0.1) is 0 Å². The van der Waals surface area contributed by atoms with E-state index < -0.39 is 11.8 Å². The van der Waals surface area contributed by atoms with Gasteiger partial charge in [-0.2, -0.15) is 0 Å². The fourth-order valence-electron chi connectivity index (χ4n) is 1.51. The molecule has 0 bridgehead atoms. The second kappa shape index (κ2) is 5.26. The molecule has 0 aliphatic heterocycles. The molecule has 98 valence electrons. The van der Waals surface area contributed by atoms with E-state index in [0.29, 0.717) is 0 Å². The van der Waals surface area contributed by atoms with Gasteiger partial charge >= 0.3 is 6.03 Å². The lowest BCUT2D eigenvalue weighted by molar-refractivity contribution is 0.262. The van der Waals surface area contributed by atoms with Gasteiger partial charge in [0.2, 0.25) is 0 Å². The summed E-state index contributed by atoms with van der Waals surface area (Å²) in [6.07, 6.45) is 0. The van der Waals surface area contributed by atoms with Gasteiger partial charge in [-0.3, -0.25) is 0 Å². The normalized spacial score (nSPS) is 9.95. The lowest BCUT2D eigenvalue weighted by Crippen LogP contribution is -2.20. The van der Waals surface area contributed by atoms with Gasteiger partial charge in [0, 0.05) is 23.9 Å². The van der Waals surface area contributed by atoms with Crippen LogP contribution in [0.15, 0.2) is 42.5 Å². The van der Waals surface area contributed by atoms with E-state index in [0.717, 1.165) is 6.07 Å². The molecule has 2 aromatic rings. The van der Waals surface area contributed by atoms with Crippen LogP contribution in [-0.2, 0) is 0 Å². The van der Waals surface area contributed by atoms with Crippen LogP contribution in [0.3, 0.4) is 0 Å². The molecule has 0 spiro atoms. The predicted molar refractivity (Wildman–Crippen MR) is 68.8 cm³/mol. The third-order valence-electron chi connectivity index (χ3n) is 2.28. The number of hydrogen-bond donors (Lipinski definition) is 4. The Morgan fingerprint density at radius 2 is 1.63 bits per heavy atom. The Labute approximate surface area is 108 Å². The molecular formula is C13H11FN2O3. The van der Waals surface area contributed by atoms with Crippen LogP contribution in [0.5, 0.6) is 11.5 Å². The van der Waals surface area contributed by atoms with Crippen LogP contribution in [0.4, 0.5) is 20.6 Å². The van der Waals surface area contributed by atoms with Gasteiger partial charge in [0.15, 0.2) is 0 Å². The van der Waals surface area contributed by atoms with E-state index in [4.69, 9.17) is 0 Å². The first kappa shape index (κ1) is 12.7. The Balaban J connectivity index is 2.07. The number of para-hydroxylation sites is 1. The number of anilines is 2. The molecule has 2 aromatic carbocycles. The highest BCUT2D eigenvalue weighted by Gasteiger charge is 2.07. The summed E-state index contributed by atoms with van der Waals surface area (Å²) in [5.41, 5.74) is 0.218. The van der Waals surface area contributed by atoms with Crippen molar-refractivity contribution in [2.45, 2.75) is 0 Å². The fourth-order valence-corrected chi connectivity index (χ4v) is 1.51. The maximum absolute atomic E-state index is 13.3. The minimum atomic E-state index is -0.685. The van der Waals surface area contributed by atoms with Crippen LogP contribution >= 0.6 is 0 Å². The number of aromatic hydroxyl groups is 2. The molecule has 0 saturated carbocycles. The summed E-state index contributed by atoms with van der Waals surface area (Å²) in [5.74, 6) is -0.946. The van der Waals surface area contributed by atoms with Crippen molar-refractivity contribution in [2.24, 2.45) is 0 Å². The number of urea groups is 1. The van der Waals surface area contributed by atoms with Crippen LogP contribution in [0, 0.1) is 5.82 Å². The van der Waals surface area contributed by atoms with Gasteiger partial charge in [-0.05, 0) is 12.1 Å². The molecule has 0 aromatic heterocycles. The molecule has 0 atom stereocenters. The number of phenols is 2. The zero-order valence-electron chi connectivity index (χ0n) is 9.72. The molecule has 2 amide bonds. The number of nitrogens with one attached hydrogen (secondary N) is 2. The van der Waals surface area contributed by atoms with Gasteiger partial charge in [0.05, 0.1) is 5.69 Å². The number of rotatable bonds is 2. The van der Waals surface area contributed by atoms with Gasteiger partial charge in [0.1, 0.15) is 17.3 Å². The van der Waals surface area contributed by atoms with Crippen molar-refractivity contribution >= 4 is 17.4 Å². The third kappa shape index (κ3) is 3.35. The van der Waals surface area contributed by atoms with Crippen LogP contribution in [-0.4, -0.2) is 16.2 Å². The average molecular weight is 262 g/mol. The Hall–Kier alpha value is -2.76. The van der Waals surface area contributed by atoms with E-state index in [9.17, 15) is 19.4 Å². The van der Waals surface area contributed by atoms with Crippen molar-refractivity contribution < 1.29 is 19.4 Å². The van der Waals surface area contributed by atoms with Crippen LogP contribution in [0.2, 0.25) is 0 Å². The Morgan fingerprint density at radius 3 is 2.26 bits per heavy atom. The van der Waals surface area contributed by atoms with Crippen LogP contribution in [0.25, 0.3) is 0 Å². The topological polar surface area (TPSA) is 81.6 Å².